The Kier molecular flexibility index (Phi) is 4.30. The van der Waals surface area contributed by atoms with Crippen LogP contribution in [-0.4, -0.2) is 19.0 Å². The Morgan fingerprint density at radius 3 is 2.75 bits per heavy atom. The zero-order chi connectivity index (χ0) is 8.81. The smallest absolute Gasteiger partial charge is 0.133 e. The predicted octanol–water partition coefficient (Wildman–Crippen LogP) is 2.17. The standard InChI is InChI=1S/C10H18O2/c1-2-3-5-12-6-4-9-7-10(11)8-9/h9H,2-8H2,1H3. The summed E-state index contributed by atoms with van der Waals surface area (Å²) in [7, 11) is 0. The summed E-state index contributed by atoms with van der Waals surface area (Å²) in [6, 6.07) is 0. The number of hydrogen-bond acceptors (Lipinski definition) is 2. The molecule has 0 saturated heterocycles. The van der Waals surface area contributed by atoms with Crippen molar-refractivity contribution in [2.45, 2.75) is 39.0 Å². The van der Waals surface area contributed by atoms with E-state index in [4.69, 9.17) is 4.74 Å². The molecule has 0 bridgehead atoms. The zero-order valence-electron chi connectivity index (χ0n) is 7.84. The summed E-state index contributed by atoms with van der Waals surface area (Å²) >= 11 is 0. The van der Waals surface area contributed by atoms with Crippen molar-refractivity contribution in [2.75, 3.05) is 13.2 Å². The lowest BCUT2D eigenvalue weighted by atomic mass is 9.82. The van der Waals surface area contributed by atoms with Gasteiger partial charge in [0.15, 0.2) is 0 Å². The van der Waals surface area contributed by atoms with Crippen LogP contribution in [0.15, 0.2) is 0 Å². The Labute approximate surface area is 74.3 Å². The molecule has 1 aliphatic carbocycles. The highest BCUT2D eigenvalue weighted by Crippen LogP contribution is 2.25. The first-order chi connectivity index (χ1) is 5.83. The van der Waals surface area contributed by atoms with E-state index >= 15 is 0 Å². The SMILES string of the molecule is CCCCOCCC1CC(=O)C1. The van der Waals surface area contributed by atoms with Crippen molar-refractivity contribution in [3.05, 3.63) is 0 Å². The second-order valence-corrected chi connectivity index (χ2v) is 3.57. The highest BCUT2D eigenvalue weighted by molar-refractivity contribution is 5.84. The molecule has 0 aromatic carbocycles. The van der Waals surface area contributed by atoms with E-state index in [0.717, 1.165) is 38.9 Å². The average molecular weight is 170 g/mol. The molecule has 2 nitrogen and oxygen atoms in total. The zero-order valence-corrected chi connectivity index (χ0v) is 7.84. The number of carbonyl (C=O) groups excluding carboxylic acids is 1. The van der Waals surface area contributed by atoms with Crippen LogP contribution in [0, 0.1) is 5.92 Å². The van der Waals surface area contributed by atoms with Crippen molar-refractivity contribution >= 4 is 5.78 Å². The average Bonchev–Trinajstić information content (AvgIpc) is 2.00. The summed E-state index contributed by atoms with van der Waals surface area (Å²) < 4.78 is 5.40. The fourth-order valence-corrected chi connectivity index (χ4v) is 1.39. The van der Waals surface area contributed by atoms with Gasteiger partial charge in [-0.2, -0.15) is 0 Å². The molecule has 0 aliphatic heterocycles. The number of rotatable bonds is 6. The van der Waals surface area contributed by atoms with Gasteiger partial charge in [0.2, 0.25) is 0 Å². The van der Waals surface area contributed by atoms with Crippen LogP contribution in [0.1, 0.15) is 39.0 Å². The van der Waals surface area contributed by atoms with Gasteiger partial charge in [0.25, 0.3) is 0 Å². The highest BCUT2D eigenvalue weighted by Gasteiger charge is 2.25. The second kappa shape index (κ2) is 5.31. The van der Waals surface area contributed by atoms with Gasteiger partial charge in [0.05, 0.1) is 0 Å². The van der Waals surface area contributed by atoms with Gasteiger partial charge < -0.3 is 4.74 Å². The summed E-state index contributed by atoms with van der Waals surface area (Å²) in [4.78, 5) is 10.6. The van der Waals surface area contributed by atoms with Gasteiger partial charge in [-0.3, -0.25) is 4.79 Å². The third-order valence-electron chi connectivity index (χ3n) is 2.35. The van der Waals surface area contributed by atoms with Gasteiger partial charge in [-0.05, 0) is 18.8 Å². The van der Waals surface area contributed by atoms with E-state index in [1.54, 1.807) is 0 Å². The molecule has 1 fully saturated rings. The molecule has 70 valence electrons. The molecule has 0 atom stereocenters. The maximum atomic E-state index is 10.6. The normalized spacial score (nSPS) is 17.9. The minimum atomic E-state index is 0.425. The van der Waals surface area contributed by atoms with Gasteiger partial charge in [-0.25, -0.2) is 0 Å². The Morgan fingerprint density at radius 1 is 1.42 bits per heavy atom. The number of hydrogen-bond donors (Lipinski definition) is 0. The molecule has 0 aromatic heterocycles. The molecule has 1 aliphatic rings. The van der Waals surface area contributed by atoms with E-state index < -0.39 is 0 Å². The second-order valence-electron chi connectivity index (χ2n) is 3.57. The van der Waals surface area contributed by atoms with Crippen LogP contribution in [0.5, 0.6) is 0 Å². The third-order valence-corrected chi connectivity index (χ3v) is 2.35. The lowest BCUT2D eigenvalue weighted by molar-refractivity contribution is -0.127. The van der Waals surface area contributed by atoms with Crippen molar-refractivity contribution in [3.8, 4) is 0 Å². The number of Topliss-reactive ketones (excluding diaryl/α,β-unsaturated/α-hetero) is 1. The minimum Gasteiger partial charge on any atom is -0.381 e. The fraction of sp³-hybridized carbons (Fsp3) is 0.900. The van der Waals surface area contributed by atoms with Crippen LogP contribution in [-0.2, 0) is 9.53 Å². The van der Waals surface area contributed by atoms with E-state index in [9.17, 15) is 4.79 Å². The Balaban J connectivity index is 1.80. The van der Waals surface area contributed by atoms with E-state index in [-0.39, 0.29) is 0 Å². The van der Waals surface area contributed by atoms with E-state index in [2.05, 4.69) is 6.92 Å². The van der Waals surface area contributed by atoms with E-state index in [1.807, 2.05) is 0 Å². The van der Waals surface area contributed by atoms with Crippen molar-refractivity contribution < 1.29 is 9.53 Å². The molecule has 1 rings (SSSR count). The van der Waals surface area contributed by atoms with Gasteiger partial charge in [-0.15, -0.1) is 0 Å². The summed E-state index contributed by atoms with van der Waals surface area (Å²) in [5.74, 6) is 1.06. The molecule has 12 heavy (non-hydrogen) atoms. The van der Waals surface area contributed by atoms with Crippen LogP contribution < -0.4 is 0 Å². The summed E-state index contributed by atoms with van der Waals surface area (Å²) in [6.45, 7) is 3.89. The van der Waals surface area contributed by atoms with Crippen LogP contribution >= 0.6 is 0 Å². The monoisotopic (exact) mass is 170 g/mol. The molecule has 0 spiro atoms. The van der Waals surface area contributed by atoms with Crippen molar-refractivity contribution in [3.63, 3.8) is 0 Å². The van der Waals surface area contributed by atoms with Gasteiger partial charge >= 0.3 is 0 Å². The lowest BCUT2D eigenvalue weighted by Crippen LogP contribution is -2.24. The molecule has 0 aromatic rings. The topological polar surface area (TPSA) is 26.3 Å². The first kappa shape index (κ1) is 9.72. The number of ether oxygens (including phenoxy) is 1. The largest absolute Gasteiger partial charge is 0.381 e. The number of unbranched alkanes of at least 4 members (excludes halogenated alkanes) is 1. The lowest BCUT2D eigenvalue weighted by Gasteiger charge is -2.23. The molecular formula is C10H18O2. The maximum Gasteiger partial charge on any atom is 0.133 e. The number of ketones is 1. The Morgan fingerprint density at radius 2 is 2.17 bits per heavy atom. The van der Waals surface area contributed by atoms with Crippen molar-refractivity contribution in [2.24, 2.45) is 5.92 Å². The van der Waals surface area contributed by atoms with Crippen molar-refractivity contribution in [1.29, 1.82) is 0 Å². The predicted molar refractivity (Wildman–Crippen MR) is 48.1 cm³/mol. The molecule has 0 N–H and O–H groups in total. The Bertz CT molecular complexity index is 135. The Hall–Kier alpha value is -0.370. The summed E-state index contributed by atoms with van der Waals surface area (Å²) in [5, 5.41) is 0. The molecule has 1 saturated carbocycles. The van der Waals surface area contributed by atoms with Crippen LogP contribution in [0.25, 0.3) is 0 Å². The maximum absolute atomic E-state index is 10.6. The van der Waals surface area contributed by atoms with Gasteiger partial charge in [0.1, 0.15) is 5.78 Å². The molecule has 0 heterocycles. The van der Waals surface area contributed by atoms with Crippen LogP contribution in [0.2, 0.25) is 0 Å². The highest BCUT2D eigenvalue weighted by atomic mass is 16.5. The molecule has 2 heteroatoms. The van der Waals surface area contributed by atoms with E-state index in [1.165, 1.54) is 6.42 Å². The first-order valence-corrected chi connectivity index (χ1v) is 4.92. The first-order valence-electron chi connectivity index (χ1n) is 4.92. The summed E-state index contributed by atoms with van der Waals surface area (Å²) in [5.41, 5.74) is 0. The van der Waals surface area contributed by atoms with Gasteiger partial charge in [-0.1, -0.05) is 13.3 Å². The number of carbonyl (C=O) groups is 1. The van der Waals surface area contributed by atoms with E-state index in [0.29, 0.717) is 11.7 Å². The minimum absolute atomic E-state index is 0.425. The van der Waals surface area contributed by atoms with Crippen LogP contribution in [0.4, 0.5) is 0 Å². The molecule has 0 radical (unpaired) electrons. The molecular weight excluding hydrogens is 152 g/mol. The molecule has 0 amide bonds. The quantitative estimate of drug-likeness (QED) is 0.571. The fourth-order valence-electron chi connectivity index (χ4n) is 1.39. The summed E-state index contributed by atoms with van der Waals surface area (Å²) in [6.07, 6.45) is 5.04. The van der Waals surface area contributed by atoms with Crippen molar-refractivity contribution in [1.82, 2.24) is 0 Å². The molecule has 0 unspecified atom stereocenters. The van der Waals surface area contributed by atoms with Crippen LogP contribution in [0.3, 0.4) is 0 Å². The third kappa shape index (κ3) is 3.35. The van der Waals surface area contributed by atoms with Gasteiger partial charge in [0, 0.05) is 26.1 Å².